The highest BCUT2D eigenvalue weighted by molar-refractivity contribution is 7.89. The summed E-state index contributed by atoms with van der Waals surface area (Å²) >= 11 is 0. The van der Waals surface area contributed by atoms with Crippen LogP contribution in [-0.4, -0.2) is 46.4 Å². The third kappa shape index (κ3) is 4.42. The Labute approximate surface area is 155 Å². The highest BCUT2D eigenvalue weighted by Crippen LogP contribution is 2.21. The van der Waals surface area contributed by atoms with E-state index in [1.807, 2.05) is 43.3 Å². The summed E-state index contributed by atoms with van der Waals surface area (Å²) < 4.78 is 32.0. The molecule has 0 saturated carbocycles. The van der Waals surface area contributed by atoms with E-state index in [2.05, 4.69) is 4.74 Å². The zero-order chi connectivity index (χ0) is 19.3. The lowest BCUT2D eigenvalue weighted by Gasteiger charge is -2.21. The van der Waals surface area contributed by atoms with Crippen molar-refractivity contribution < 1.29 is 17.9 Å². The molecule has 0 aliphatic carbocycles. The van der Waals surface area contributed by atoms with Gasteiger partial charge in [0.2, 0.25) is 10.0 Å². The van der Waals surface area contributed by atoms with E-state index >= 15 is 0 Å². The Morgan fingerprint density at radius 1 is 1.08 bits per heavy atom. The van der Waals surface area contributed by atoms with Crippen molar-refractivity contribution in [1.82, 2.24) is 4.31 Å². The Hall–Kier alpha value is -2.38. The van der Waals surface area contributed by atoms with Gasteiger partial charge >= 0.3 is 5.97 Å². The fraction of sp³-hybridized carbons (Fsp3) is 0.316. The maximum absolute atomic E-state index is 13.0. The van der Waals surface area contributed by atoms with Gasteiger partial charge in [0.05, 0.1) is 17.6 Å². The summed E-state index contributed by atoms with van der Waals surface area (Å²) in [6.07, 6.45) is 0. The zero-order valence-electron chi connectivity index (χ0n) is 15.5. The number of hydrogen-bond acceptors (Lipinski definition) is 5. The summed E-state index contributed by atoms with van der Waals surface area (Å²) in [6, 6.07) is 13.6. The van der Waals surface area contributed by atoms with E-state index in [0.717, 1.165) is 11.3 Å². The second kappa shape index (κ2) is 8.33. The van der Waals surface area contributed by atoms with Crippen molar-refractivity contribution in [2.45, 2.75) is 18.4 Å². The lowest BCUT2D eigenvalue weighted by molar-refractivity contribution is 0.0600. The molecule has 6 nitrogen and oxygen atoms in total. The number of ether oxygens (including phenoxy) is 1. The van der Waals surface area contributed by atoms with Crippen LogP contribution in [0.25, 0.3) is 0 Å². The van der Waals surface area contributed by atoms with Crippen LogP contribution in [0.15, 0.2) is 53.4 Å². The molecule has 0 fully saturated rings. The fourth-order valence-electron chi connectivity index (χ4n) is 2.52. The number of sulfonamides is 1. The largest absolute Gasteiger partial charge is 0.465 e. The molecular weight excluding hydrogens is 352 g/mol. The van der Waals surface area contributed by atoms with Crippen molar-refractivity contribution in [2.24, 2.45) is 0 Å². The second-order valence-electron chi connectivity index (χ2n) is 6.01. The van der Waals surface area contributed by atoms with Gasteiger partial charge in [0.15, 0.2) is 0 Å². The molecule has 2 aromatic rings. The summed E-state index contributed by atoms with van der Waals surface area (Å²) in [4.78, 5) is 13.7. The van der Waals surface area contributed by atoms with Crippen molar-refractivity contribution in [2.75, 3.05) is 32.6 Å². The van der Waals surface area contributed by atoms with Crippen LogP contribution in [0.2, 0.25) is 0 Å². The van der Waals surface area contributed by atoms with Crippen molar-refractivity contribution >= 4 is 21.7 Å². The first-order chi connectivity index (χ1) is 12.3. The lowest BCUT2D eigenvalue weighted by Crippen LogP contribution is -2.30. The lowest BCUT2D eigenvalue weighted by atomic mass is 10.2. The molecule has 26 heavy (non-hydrogen) atoms. The second-order valence-corrected chi connectivity index (χ2v) is 7.95. The molecule has 0 N–H and O–H groups in total. The molecule has 0 aliphatic heterocycles. The van der Waals surface area contributed by atoms with E-state index < -0.39 is 16.0 Å². The van der Waals surface area contributed by atoms with E-state index in [4.69, 9.17) is 0 Å². The first-order valence-corrected chi connectivity index (χ1v) is 9.68. The molecular formula is C19H24N2O4S. The molecule has 2 aromatic carbocycles. The molecule has 2 rings (SSSR count). The Balaban J connectivity index is 2.29. The Kier molecular flexibility index (Phi) is 6.39. The molecule has 0 bridgehead atoms. The van der Waals surface area contributed by atoms with Gasteiger partial charge in [-0.2, -0.15) is 4.31 Å². The number of rotatable bonds is 7. The van der Waals surface area contributed by atoms with Crippen LogP contribution in [0.4, 0.5) is 5.69 Å². The molecule has 0 aliphatic rings. The Bertz CT molecular complexity index is 861. The minimum atomic E-state index is -3.72. The summed E-state index contributed by atoms with van der Waals surface area (Å²) in [5.41, 5.74) is 2.15. The number of nitrogens with zero attached hydrogens (tertiary/aromatic N) is 2. The number of carbonyl (C=O) groups is 1. The SMILES string of the molecule is CCN(Cc1ccc(N(C)C)cc1)S(=O)(=O)c1cccc(C(=O)OC)c1. The molecule has 0 spiro atoms. The summed E-state index contributed by atoms with van der Waals surface area (Å²) in [5, 5.41) is 0. The van der Waals surface area contributed by atoms with E-state index in [9.17, 15) is 13.2 Å². The number of methoxy groups -OCH3 is 1. The van der Waals surface area contributed by atoms with E-state index in [-0.39, 0.29) is 17.0 Å². The van der Waals surface area contributed by atoms with Crippen LogP contribution < -0.4 is 4.90 Å². The summed E-state index contributed by atoms with van der Waals surface area (Å²) in [6.45, 7) is 2.37. The van der Waals surface area contributed by atoms with Gasteiger partial charge in [0.25, 0.3) is 0 Å². The molecule has 140 valence electrons. The van der Waals surface area contributed by atoms with E-state index in [0.29, 0.717) is 6.54 Å². The molecule has 0 atom stereocenters. The average Bonchev–Trinajstić information content (AvgIpc) is 2.65. The van der Waals surface area contributed by atoms with E-state index in [1.54, 1.807) is 13.0 Å². The minimum absolute atomic E-state index is 0.0761. The van der Waals surface area contributed by atoms with Gasteiger partial charge in [-0.05, 0) is 35.9 Å². The highest BCUT2D eigenvalue weighted by atomic mass is 32.2. The van der Waals surface area contributed by atoms with Crippen molar-refractivity contribution in [3.8, 4) is 0 Å². The standard InChI is InChI=1S/C19H24N2O4S/c1-5-21(14-15-9-11-17(12-10-15)20(2)3)26(23,24)18-8-6-7-16(13-18)19(22)25-4/h6-13H,5,14H2,1-4H3. The average molecular weight is 376 g/mol. The summed E-state index contributed by atoms with van der Waals surface area (Å²) in [5.74, 6) is -0.565. The first kappa shape index (κ1) is 19.9. The topological polar surface area (TPSA) is 66.9 Å². The van der Waals surface area contributed by atoms with Gasteiger partial charge in [-0.1, -0.05) is 25.1 Å². The van der Waals surface area contributed by atoms with Gasteiger partial charge in [-0.25, -0.2) is 13.2 Å². The quantitative estimate of drug-likeness (QED) is 0.695. The first-order valence-electron chi connectivity index (χ1n) is 8.24. The van der Waals surface area contributed by atoms with Crippen LogP contribution in [-0.2, 0) is 21.3 Å². The Morgan fingerprint density at radius 3 is 2.27 bits per heavy atom. The maximum atomic E-state index is 13.0. The molecule has 7 heteroatoms. The summed E-state index contributed by atoms with van der Waals surface area (Å²) in [7, 11) is 1.44. The third-order valence-corrected chi connectivity index (χ3v) is 5.97. The van der Waals surface area contributed by atoms with Gasteiger partial charge in [0.1, 0.15) is 0 Å². The molecule has 0 unspecified atom stereocenters. The predicted molar refractivity (Wildman–Crippen MR) is 102 cm³/mol. The van der Waals surface area contributed by atoms with Crippen molar-refractivity contribution in [1.29, 1.82) is 0 Å². The normalized spacial score (nSPS) is 11.4. The van der Waals surface area contributed by atoms with Gasteiger partial charge in [0, 0.05) is 32.9 Å². The third-order valence-electron chi connectivity index (χ3n) is 4.06. The van der Waals surface area contributed by atoms with Crippen LogP contribution in [0.1, 0.15) is 22.8 Å². The fourth-order valence-corrected chi connectivity index (χ4v) is 4.00. The van der Waals surface area contributed by atoms with Crippen molar-refractivity contribution in [3.63, 3.8) is 0 Å². The van der Waals surface area contributed by atoms with E-state index in [1.165, 1.54) is 29.6 Å². The van der Waals surface area contributed by atoms with Gasteiger partial charge in [-0.15, -0.1) is 0 Å². The number of esters is 1. The zero-order valence-corrected chi connectivity index (χ0v) is 16.3. The van der Waals surface area contributed by atoms with Crippen LogP contribution in [0.5, 0.6) is 0 Å². The van der Waals surface area contributed by atoms with Crippen LogP contribution in [0, 0.1) is 0 Å². The predicted octanol–water partition coefficient (Wildman–Crippen LogP) is 2.75. The maximum Gasteiger partial charge on any atom is 0.337 e. The van der Waals surface area contributed by atoms with Gasteiger partial charge in [-0.3, -0.25) is 0 Å². The highest BCUT2D eigenvalue weighted by Gasteiger charge is 2.24. The number of hydrogen-bond donors (Lipinski definition) is 0. The molecule has 0 radical (unpaired) electrons. The Morgan fingerprint density at radius 2 is 1.73 bits per heavy atom. The van der Waals surface area contributed by atoms with Crippen molar-refractivity contribution in [3.05, 3.63) is 59.7 Å². The number of anilines is 1. The van der Waals surface area contributed by atoms with Crippen LogP contribution >= 0.6 is 0 Å². The van der Waals surface area contributed by atoms with Gasteiger partial charge < -0.3 is 9.64 Å². The molecule has 0 saturated heterocycles. The monoisotopic (exact) mass is 376 g/mol. The molecule has 0 aromatic heterocycles. The minimum Gasteiger partial charge on any atom is -0.465 e. The smallest absolute Gasteiger partial charge is 0.337 e. The molecule has 0 heterocycles. The molecule has 0 amide bonds. The number of carbonyl (C=O) groups excluding carboxylic acids is 1. The number of benzene rings is 2. The van der Waals surface area contributed by atoms with Crippen LogP contribution in [0.3, 0.4) is 0 Å².